The number of rotatable bonds is 8. The van der Waals surface area contributed by atoms with E-state index in [-0.39, 0.29) is 23.8 Å². The molecule has 0 radical (unpaired) electrons. The Bertz CT molecular complexity index is 1620. The van der Waals surface area contributed by atoms with Gasteiger partial charge in [-0.15, -0.1) is 6.42 Å². The number of ether oxygens (including phenoxy) is 4. The van der Waals surface area contributed by atoms with Crippen LogP contribution in [0.5, 0.6) is 17.2 Å². The normalized spacial score (nSPS) is 15.0. The number of para-hydroxylation sites is 1. The van der Waals surface area contributed by atoms with Crippen molar-refractivity contribution in [3.8, 4) is 29.6 Å². The number of methoxy groups -OCH3 is 2. The number of aromatic nitrogens is 1. The molecule has 0 amide bonds. The average molecular weight is 533 g/mol. The highest BCUT2D eigenvalue weighted by Gasteiger charge is 2.35. The lowest BCUT2D eigenvalue weighted by Gasteiger charge is -2.26. The maximum atomic E-state index is 13.9. The lowest BCUT2D eigenvalue weighted by atomic mass is 9.94. The molecule has 1 aliphatic rings. The number of hydrogen-bond acceptors (Lipinski definition) is 8. The first kappa shape index (κ1) is 26.8. The lowest BCUT2D eigenvalue weighted by molar-refractivity contribution is -0.143. The van der Waals surface area contributed by atoms with E-state index < -0.39 is 12.0 Å². The van der Waals surface area contributed by atoms with Gasteiger partial charge in [0.05, 0.1) is 36.1 Å². The molecule has 0 N–H and O–H groups in total. The van der Waals surface area contributed by atoms with E-state index in [0.29, 0.717) is 43.4 Å². The third-order valence-electron chi connectivity index (χ3n) is 5.83. The molecule has 0 spiro atoms. The number of thiazole rings is 1. The van der Waals surface area contributed by atoms with Crippen molar-refractivity contribution in [1.29, 1.82) is 0 Å². The summed E-state index contributed by atoms with van der Waals surface area (Å²) < 4.78 is 24.2. The Morgan fingerprint density at radius 1 is 1.18 bits per heavy atom. The van der Waals surface area contributed by atoms with Gasteiger partial charge in [0, 0.05) is 11.1 Å². The van der Waals surface area contributed by atoms with E-state index in [9.17, 15) is 9.59 Å². The molecule has 0 fully saturated rings. The third-order valence-corrected chi connectivity index (χ3v) is 6.82. The first-order valence-corrected chi connectivity index (χ1v) is 12.7. The van der Waals surface area contributed by atoms with E-state index >= 15 is 0 Å². The molecule has 1 atom stereocenters. The summed E-state index contributed by atoms with van der Waals surface area (Å²) in [5.41, 5.74) is 1.65. The van der Waals surface area contributed by atoms with E-state index in [4.69, 9.17) is 25.4 Å². The van der Waals surface area contributed by atoms with Gasteiger partial charge < -0.3 is 18.9 Å². The molecule has 2 aromatic carbocycles. The first-order chi connectivity index (χ1) is 18.3. The minimum Gasteiger partial charge on any atom is -0.497 e. The summed E-state index contributed by atoms with van der Waals surface area (Å²) in [7, 11) is 3.08. The van der Waals surface area contributed by atoms with Gasteiger partial charge in [0.1, 0.15) is 29.9 Å². The van der Waals surface area contributed by atoms with Crippen molar-refractivity contribution < 1.29 is 23.7 Å². The van der Waals surface area contributed by atoms with Gasteiger partial charge in [-0.1, -0.05) is 35.5 Å². The number of fused-ring (bicyclic) bond motifs is 1. The van der Waals surface area contributed by atoms with Gasteiger partial charge >= 0.3 is 5.97 Å². The van der Waals surface area contributed by atoms with Gasteiger partial charge in [-0.3, -0.25) is 9.36 Å². The van der Waals surface area contributed by atoms with Crippen LogP contribution in [-0.2, 0) is 9.53 Å². The summed E-state index contributed by atoms with van der Waals surface area (Å²) in [6.45, 7) is 5.37. The van der Waals surface area contributed by atoms with Crippen molar-refractivity contribution in [3.05, 3.63) is 84.5 Å². The maximum absolute atomic E-state index is 13.9. The predicted octanol–water partition coefficient (Wildman–Crippen LogP) is 3.22. The van der Waals surface area contributed by atoms with Crippen LogP contribution in [0.25, 0.3) is 6.08 Å². The van der Waals surface area contributed by atoms with Gasteiger partial charge in [-0.2, -0.15) is 0 Å². The Kier molecular flexibility index (Phi) is 8.03. The van der Waals surface area contributed by atoms with Gasteiger partial charge in [-0.05, 0) is 51.1 Å². The molecule has 4 rings (SSSR count). The minimum absolute atomic E-state index is 0.0995. The summed E-state index contributed by atoms with van der Waals surface area (Å²) in [6.07, 6.45) is 6.73. The molecule has 8 nitrogen and oxygen atoms in total. The Labute approximate surface area is 224 Å². The van der Waals surface area contributed by atoms with Crippen LogP contribution in [0.2, 0.25) is 0 Å². The number of carbonyl (C=O) groups excluding carboxylic acids is 1. The van der Waals surface area contributed by atoms with Crippen molar-refractivity contribution in [3.63, 3.8) is 0 Å². The summed E-state index contributed by atoms with van der Waals surface area (Å²) in [6, 6.07) is 11.7. The van der Waals surface area contributed by atoms with Crippen LogP contribution in [0, 0.1) is 12.3 Å². The Hall–Kier alpha value is -4.29. The second-order valence-corrected chi connectivity index (χ2v) is 9.68. The number of hydrogen-bond donors (Lipinski definition) is 0. The van der Waals surface area contributed by atoms with Crippen LogP contribution in [0.15, 0.2) is 63.5 Å². The summed E-state index contributed by atoms with van der Waals surface area (Å²) in [5.74, 6) is 3.49. The molecule has 38 heavy (non-hydrogen) atoms. The molecule has 2 heterocycles. The van der Waals surface area contributed by atoms with E-state index in [1.165, 1.54) is 23.0 Å². The smallest absolute Gasteiger partial charge is 0.338 e. The fourth-order valence-corrected chi connectivity index (χ4v) is 5.24. The molecule has 1 aromatic heterocycles. The molecule has 0 saturated heterocycles. The van der Waals surface area contributed by atoms with Gasteiger partial charge in [-0.25, -0.2) is 9.79 Å². The standard InChI is InChI=1S/C29H28N2O6S/c1-7-14-36-22-11-9-8-10-19(22)15-24-27(32)31-26(21-16-20(34-5)12-13-23(21)35-6)25(28(33)37-17(2)3)18(4)30-29(31)38-24/h1,8-13,15-17,26H,14H2,2-6H3/t26-/m1/s1. The largest absolute Gasteiger partial charge is 0.497 e. The van der Waals surface area contributed by atoms with Gasteiger partial charge in [0.15, 0.2) is 4.80 Å². The van der Waals surface area contributed by atoms with E-state index in [2.05, 4.69) is 10.9 Å². The lowest BCUT2D eigenvalue weighted by Crippen LogP contribution is -2.40. The highest BCUT2D eigenvalue weighted by molar-refractivity contribution is 7.07. The van der Waals surface area contributed by atoms with Crippen molar-refractivity contribution in [2.24, 2.45) is 4.99 Å². The van der Waals surface area contributed by atoms with Crippen molar-refractivity contribution in [2.45, 2.75) is 32.9 Å². The third kappa shape index (κ3) is 5.22. The molecule has 0 bridgehead atoms. The van der Waals surface area contributed by atoms with Gasteiger partial charge in [0.2, 0.25) is 0 Å². The molecule has 1 aliphatic heterocycles. The zero-order chi connectivity index (χ0) is 27.4. The second-order valence-electron chi connectivity index (χ2n) is 8.67. The summed E-state index contributed by atoms with van der Waals surface area (Å²) in [5, 5.41) is 0. The van der Waals surface area contributed by atoms with Crippen LogP contribution in [0.4, 0.5) is 0 Å². The number of allylic oxidation sites excluding steroid dienone is 1. The topological polar surface area (TPSA) is 88.3 Å². The Morgan fingerprint density at radius 3 is 2.63 bits per heavy atom. The highest BCUT2D eigenvalue weighted by atomic mass is 32.1. The fourth-order valence-electron chi connectivity index (χ4n) is 4.20. The second kappa shape index (κ2) is 11.4. The van der Waals surface area contributed by atoms with Crippen molar-refractivity contribution in [2.75, 3.05) is 20.8 Å². The van der Waals surface area contributed by atoms with Crippen LogP contribution < -0.4 is 29.1 Å². The highest BCUT2D eigenvalue weighted by Crippen LogP contribution is 2.38. The van der Waals surface area contributed by atoms with Crippen LogP contribution in [-0.4, -0.2) is 37.5 Å². The molecule has 9 heteroatoms. The molecule has 0 aliphatic carbocycles. The molecular weight excluding hydrogens is 504 g/mol. The number of terminal acetylenes is 1. The molecule has 3 aromatic rings. The molecule has 0 saturated carbocycles. The zero-order valence-electron chi connectivity index (χ0n) is 21.8. The maximum Gasteiger partial charge on any atom is 0.338 e. The van der Waals surface area contributed by atoms with E-state index in [1.54, 1.807) is 58.2 Å². The predicted molar refractivity (Wildman–Crippen MR) is 145 cm³/mol. The first-order valence-electron chi connectivity index (χ1n) is 11.9. The van der Waals surface area contributed by atoms with Crippen LogP contribution in [0.3, 0.4) is 0 Å². The van der Waals surface area contributed by atoms with Crippen molar-refractivity contribution in [1.82, 2.24) is 4.57 Å². The zero-order valence-corrected chi connectivity index (χ0v) is 22.6. The number of nitrogens with zero attached hydrogens (tertiary/aromatic N) is 2. The summed E-state index contributed by atoms with van der Waals surface area (Å²) >= 11 is 1.22. The monoisotopic (exact) mass is 532 g/mol. The Morgan fingerprint density at radius 2 is 1.95 bits per heavy atom. The molecule has 0 unspecified atom stereocenters. The minimum atomic E-state index is -0.849. The number of carbonyl (C=O) groups is 1. The van der Waals surface area contributed by atoms with Crippen LogP contribution in [0.1, 0.15) is 37.9 Å². The average Bonchev–Trinajstić information content (AvgIpc) is 3.20. The number of esters is 1. The summed E-state index contributed by atoms with van der Waals surface area (Å²) in [4.78, 5) is 32.4. The molecule has 196 valence electrons. The quantitative estimate of drug-likeness (QED) is 0.327. The fraction of sp³-hybridized carbons (Fsp3) is 0.276. The van der Waals surface area contributed by atoms with Crippen molar-refractivity contribution >= 4 is 23.4 Å². The Balaban J connectivity index is 1.99. The SMILES string of the molecule is C#CCOc1ccccc1C=c1sc2n(c1=O)[C@H](c1cc(OC)ccc1OC)C(C(=O)OC(C)C)=C(C)N=2. The van der Waals surface area contributed by atoms with E-state index in [0.717, 1.165) is 0 Å². The number of benzene rings is 2. The molecular formula is C29H28N2O6S. The van der Waals surface area contributed by atoms with Gasteiger partial charge in [0.25, 0.3) is 5.56 Å². The van der Waals surface area contributed by atoms with Crippen LogP contribution >= 0.6 is 11.3 Å². The van der Waals surface area contributed by atoms with E-state index in [1.807, 2.05) is 18.2 Å².